The number of phenolic OH excluding ortho intramolecular Hbond substituents is 2. The number of fused-ring (bicyclic) bond motifs is 1. The molecule has 3 saturated heterocycles. The quantitative estimate of drug-likeness (QED) is 0.0648. The number of hydrazone groups is 1. The first kappa shape index (κ1) is 34.5. The second kappa shape index (κ2) is 12.5. The molecule has 2 aromatic rings. The fourth-order valence-corrected chi connectivity index (χ4v) is 8.07. The summed E-state index contributed by atoms with van der Waals surface area (Å²) in [5.74, 6) is -6.90. The summed E-state index contributed by atoms with van der Waals surface area (Å²) in [6.45, 7) is -0.918. The second-order valence-electron chi connectivity index (χ2n) is 11.4. The molecular weight excluding hydrogens is 726 g/mol. The summed E-state index contributed by atoms with van der Waals surface area (Å²) in [4.78, 5) is 86.5. The lowest BCUT2D eigenvalue weighted by Gasteiger charge is -2.41. The SMILES string of the molecule is NC(=O)/C(=N\N1CCN([C@]2(C(=O)O)CN3C(=O)[C@@H](NC(=O)/C(=N\OC4(C(=O)O)CCC4)c4csc(N)n4)[C@H]3S2)C1=O)c1ccc(O)c(O)c1Cl. The van der Waals surface area contributed by atoms with Gasteiger partial charge in [-0.25, -0.2) is 24.4 Å². The Hall–Kier alpha value is -5.35. The number of halogens is 1. The smallest absolute Gasteiger partial charge is 0.350 e. The Morgan fingerprint density at radius 2 is 1.82 bits per heavy atom. The van der Waals surface area contributed by atoms with Crippen LogP contribution in [0.4, 0.5) is 9.93 Å². The predicted molar refractivity (Wildman–Crippen MR) is 173 cm³/mol. The van der Waals surface area contributed by atoms with E-state index in [2.05, 4.69) is 20.6 Å². The first-order valence-corrected chi connectivity index (χ1v) is 16.7. The van der Waals surface area contributed by atoms with Gasteiger partial charge in [-0.05, 0) is 18.6 Å². The van der Waals surface area contributed by atoms with Gasteiger partial charge in [0.25, 0.3) is 11.8 Å². The molecule has 1 aromatic carbocycles. The fraction of sp³-hybridized carbons (Fsp3) is 0.370. The third-order valence-corrected chi connectivity index (χ3v) is 11.3. The van der Waals surface area contributed by atoms with Crippen molar-refractivity contribution in [3.63, 3.8) is 0 Å². The number of anilines is 1. The molecule has 3 aliphatic heterocycles. The Kier molecular flexibility index (Phi) is 8.64. The number of rotatable bonds is 11. The van der Waals surface area contributed by atoms with Gasteiger partial charge in [-0.3, -0.25) is 19.3 Å². The van der Waals surface area contributed by atoms with Crippen LogP contribution in [0.25, 0.3) is 0 Å². The minimum Gasteiger partial charge on any atom is -0.504 e. The number of amides is 5. The van der Waals surface area contributed by atoms with Gasteiger partial charge in [0.2, 0.25) is 16.4 Å². The number of urea groups is 1. The number of nitrogens with two attached hydrogens (primary N) is 2. The number of aromatic nitrogens is 1. The van der Waals surface area contributed by atoms with Crippen molar-refractivity contribution in [2.45, 2.75) is 41.2 Å². The van der Waals surface area contributed by atoms with Crippen molar-refractivity contribution < 1.29 is 54.0 Å². The number of nitrogen functional groups attached to an aromatic ring is 1. The van der Waals surface area contributed by atoms with Crippen molar-refractivity contribution in [1.29, 1.82) is 0 Å². The summed E-state index contributed by atoms with van der Waals surface area (Å²) in [5.41, 5.74) is 8.27. The number of benzene rings is 1. The highest BCUT2D eigenvalue weighted by atomic mass is 35.5. The van der Waals surface area contributed by atoms with Gasteiger partial charge in [0.1, 0.15) is 17.1 Å². The minimum atomic E-state index is -2.05. The molecule has 4 aliphatic rings. The van der Waals surface area contributed by atoms with Crippen LogP contribution < -0.4 is 16.8 Å². The molecule has 3 atom stereocenters. The number of aliphatic carboxylic acids is 2. The van der Waals surface area contributed by atoms with Crippen LogP contribution in [-0.4, -0.2) is 129 Å². The van der Waals surface area contributed by atoms with Crippen LogP contribution in [0.2, 0.25) is 5.02 Å². The molecule has 50 heavy (non-hydrogen) atoms. The van der Waals surface area contributed by atoms with E-state index in [-0.39, 0.29) is 42.3 Å². The average Bonchev–Trinajstić information content (AvgIpc) is 3.74. The molecule has 0 radical (unpaired) electrons. The third kappa shape index (κ3) is 5.53. The van der Waals surface area contributed by atoms with E-state index in [0.29, 0.717) is 18.2 Å². The van der Waals surface area contributed by atoms with E-state index in [1.165, 1.54) is 10.3 Å². The molecule has 264 valence electrons. The number of thiazole rings is 1. The Bertz CT molecular complexity index is 1920. The summed E-state index contributed by atoms with van der Waals surface area (Å²) >= 11 is 7.75. The number of nitrogens with one attached hydrogen (secondary N) is 1. The highest BCUT2D eigenvalue weighted by Gasteiger charge is 2.66. The van der Waals surface area contributed by atoms with Crippen LogP contribution >= 0.6 is 34.7 Å². The van der Waals surface area contributed by atoms with Gasteiger partial charge >= 0.3 is 18.0 Å². The molecule has 1 aromatic heterocycles. The molecule has 9 N–H and O–H groups in total. The Morgan fingerprint density at radius 1 is 1.10 bits per heavy atom. The molecular formula is C27H26ClN9O11S2. The number of carboxylic acids is 2. The van der Waals surface area contributed by atoms with Gasteiger partial charge in [-0.2, -0.15) is 5.10 Å². The van der Waals surface area contributed by atoms with Crippen molar-refractivity contribution in [2.24, 2.45) is 16.0 Å². The van der Waals surface area contributed by atoms with Crippen LogP contribution in [0.5, 0.6) is 11.5 Å². The summed E-state index contributed by atoms with van der Waals surface area (Å²) in [6, 6.07) is -0.0966. The third-order valence-electron chi connectivity index (χ3n) is 8.53. The summed E-state index contributed by atoms with van der Waals surface area (Å²) < 4.78 is 0. The number of oxime groups is 1. The molecule has 0 bridgehead atoms. The summed E-state index contributed by atoms with van der Waals surface area (Å²) in [5, 5.41) is 50.8. The van der Waals surface area contributed by atoms with E-state index in [0.717, 1.165) is 33.4 Å². The predicted octanol–water partition coefficient (Wildman–Crippen LogP) is -0.674. The first-order chi connectivity index (χ1) is 23.6. The normalized spacial score (nSPS) is 24.4. The molecule has 4 fully saturated rings. The van der Waals surface area contributed by atoms with Gasteiger partial charge in [-0.15, -0.1) is 11.3 Å². The number of hydrogen-bond acceptors (Lipinski definition) is 15. The second-order valence-corrected chi connectivity index (χ2v) is 14.1. The summed E-state index contributed by atoms with van der Waals surface area (Å²) in [7, 11) is 0. The number of hydrogen-bond donors (Lipinski definition) is 7. The number of β-lactam (4-membered cyclic amide) rings is 1. The number of nitrogens with zero attached hydrogens (tertiary/aromatic N) is 6. The maximum atomic E-state index is 13.6. The van der Waals surface area contributed by atoms with Gasteiger partial charge in [0, 0.05) is 30.3 Å². The number of carbonyl (C=O) groups is 6. The lowest BCUT2D eigenvalue weighted by Crippen LogP contribution is -2.68. The van der Waals surface area contributed by atoms with Gasteiger partial charge in [0.05, 0.1) is 18.1 Å². The Morgan fingerprint density at radius 3 is 2.40 bits per heavy atom. The highest BCUT2D eigenvalue weighted by Crippen LogP contribution is 2.50. The lowest BCUT2D eigenvalue weighted by molar-refractivity contribution is -0.178. The van der Waals surface area contributed by atoms with Gasteiger partial charge in [0.15, 0.2) is 28.1 Å². The summed E-state index contributed by atoms with van der Waals surface area (Å²) in [6.07, 6.45) is 0.876. The molecule has 0 spiro atoms. The number of carbonyl (C=O) groups excluding carboxylic acids is 4. The number of carboxylic acid groups (broad SMARTS) is 2. The molecule has 6 rings (SSSR count). The van der Waals surface area contributed by atoms with Crippen molar-refractivity contribution >= 4 is 86.9 Å². The number of phenols is 2. The van der Waals surface area contributed by atoms with Crippen LogP contribution in [0.15, 0.2) is 27.8 Å². The fourth-order valence-electron chi connectivity index (χ4n) is 5.64. The zero-order chi connectivity index (χ0) is 36.3. The van der Waals surface area contributed by atoms with Gasteiger partial charge in [-0.1, -0.05) is 28.5 Å². The van der Waals surface area contributed by atoms with E-state index in [4.69, 9.17) is 27.9 Å². The highest BCUT2D eigenvalue weighted by molar-refractivity contribution is 8.02. The molecule has 20 nitrogen and oxygen atoms in total. The van der Waals surface area contributed by atoms with Crippen molar-refractivity contribution in [2.75, 3.05) is 25.4 Å². The Labute approximate surface area is 293 Å². The molecule has 4 heterocycles. The van der Waals surface area contributed by atoms with Crippen molar-refractivity contribution in [3.8, 4) is 11.5 Å². The lowest BCUT2D eigenvalue weighted by atomic mass is 9.80. The van der Waals surface area contributed by atoms with Crippen LogP contribution in [0.1, 0.15) is 30.5 Å². The van der Waals surface area contributed by atoms with Crippen molar-refractivity contribution in [3.05, 3.63) is 33.8 Å². The van der Waals surface area contributed by atoms with Crippen molar-refractivity contribution in [1.82, 2.24) is 25.1 Å². The van der Waals surface area contributed by atoms with Crippen LogP contribution in [0, 0.1) is 0 Å². The van der Waals surface area contributed by atoms with E-state index < -0.39 is 92.1 Å². The van der Waals surface area contributed by atoms with E-state index in [9.17, 15) is 49.2 Å². The topological polar surface area (TPSA) is 304 Å². The zero-order valence-corrected chi connectivity index (χ0v) is 27.7. The van der Waals surface area contributed by atoms with E-state index in [1.54, 1.807) is 0 Å². The molecule has 1 aliphatic carbocycles. The number of thioether (sulfide) groups is 1. The molecule has 23 heteroatoms. The first-order valence-electron chi connectivity index (χ1n) is 14.5. The Balaban J connectivity index is 1.22. The van der Waals surface area contributed by atoms with Crippen LogP contribution in [-0.2, 0) is 28.8 Å². The number of primary amides is 1. The minimum absolute atomic E-state index is 0.0464. The number of aromatic hydroxyl groups is 2. The zero-order valence-electron chi connectivity index (χ0n) is 25.3. The molecule has 5 amide bonds. The van der Waals surface area contributed by atoms with E-state index in [1.807, 2.05) is 0 Å². The molecule has 0 unspecified atom stereocenters. The van der Waals surface area contributed by atoms with Crippen LogP contribution in [0.3, 0.4) is 0 Å². The standard InChI is InChI=1S/C27H26ClN9O11S2/c28-13-10(2-3-12(38)17(13)39)14(18(29)40)33-37-7-6-36(25(37)47)27(23(45)46)9-35-20(42)16(21(35)50-27)32-19(41)15(11-8-49-24(30)31-11)34-48-26(22(43)44)4-1-5-26/h2-3,8,16,21,38-39H,1,4-7,9H2,(H2,29,40)(H2,30,31)(H,32,41)(H,43,44)(H,45,46)/b33-14-,34-15-/t16-,21-,27-/m1/s1. The maximum Gasteiger partial charge on any atom is 0.350 e. The monoisotopic (exact) mass is 751 g/mol. The van der Waals surface area contributed by atoms with E-state index >= 15 is 0 Å². The molecule has 1 saturated carbocycles. The van der Waals surface area contributed by atoms with Gasteiger partial charge < -0.3 is 46.9 Å². The average molecular weight is 752 g/mol. The maximum absolute atomic E-state index is 13.6. The largest absolute Gasteiger partial charge is 0.504 e.